The van der Waals surface area contributed by atoms with Crippen LogP contribution in [0.3, 0.4) is 0 Å². The molecule has 0 aromatic heterocycles. The summed E-state index contributed by atoms with van der Waals surface area (Å²) < 4.78 is 27.6. The van der Waals surface area contributed by atoms with E-state index >= 15 is 0 Å². The number of alkyl halides is 2. The smallest absolute Gasteiger partial charge is 0.387 e. The molecule has 1 aromatic rings. The van der Waals surface area contributed by atoms with Crippen molar-refractivity contribution < 1.29 is 13.5 Å². The molecule has 0 aliphatic heterocycles. The molecule has 0 radical (unpaired) electrons. The average molecular weight is 224 g/mol. The van der Waals surface area contributed by atoms with Gasteiger partial charge in [-0.2, -0.15) is 8.78 Å². The zero-order valence-corrected chi connectivity index (χ0v) is 8.43. The molecule has 1 aromatic carbocycles. The Balaban J connectivity index is 0.00000169. The summed E-state index contributed by atoms with van der Waals surface area (Å²) in [6.07, 6.45) is 0. The number of rotatable bonds is 3. The van der Waals surface area contributed by atoms with Crippen LogP contribution in [0.2, 0.25) is 0 Å². The molecule has 0 saturated carbocycles. The van der Waals surface area contributed by atoms with Crippen LogP contribution in [0.15, 0.2) is 24.3 Å². The number of benzene rings is 1. The summed E-state index contributed by atoms with van der Waals surface area (Å²) in [4.78, 5) is 0. The molecule has 1 atom stereocenters. The predicted molar refractivity (Wildman–Crippen MR) is 52.9 cm³/mol. The van der Waals surface area contributed by atoms with Crippen molar-refractivity contribution in [3.8, 4) is 5.75 Å². The fraction of sp³-hybridized carbons (Fsp3) is 0.333. The van der Waals surface area contributed by atoms with Crippen molar-refractivity contribution in [2.24, 2.45) is 5.73 Å². The van der Waals surface area contributed by atoms with E-state index in [1.54, 1.807) is 12.1 Å². The highest BCUT2D eigenvalue weighted by Crippen LogP contribution is 2.17. The van der Waals surface area contributed by atoms with Crippen LogP contribution in [0.5, 0.6) is 5.75 Å². The van der Waals surface area contributed by atoms with E-state index in [2.05, 4.69) is 4.74 Å². The van der Waals surface area contributed by atoms with Gasteiger partial charge in [0, 0.05) is 6.04 Å². The van der Waals surface area contributed by atoms with E-state index in [9.17, 15) is 8.78 Å². The number of hydrogen-bond acceptors (Lipinski definition) is 2. The van der Waals surface area contributed by atoms with E-state index in [0.29, 0.717) is 0 Å². The molecule has 0 spiro atoms. The highest BCUT2D eigenvalue weighted by atomic mass is 35.5. The number of halogens is 3. The fourth-order valence-electron chi connectivity index (χ4n) is 0.953. The molecule has 5 heteroatoms. The molecule has 0 saturated heterocycles. The van der Waals surface area contributed by atoms with Crippen molar-refractivity contribution in [2.45, 2.75) is 19.6 Å². The van der Waals surface area contributed by atoms with Gasteiger partial charge in [-0.05, 0) is 24.6 Å². The second-order valence-electron chi connectivity index (χ2n) is 2.74. The summed E-state index contributed by atoms with van der Waals surface area (Å²) in [7, 11) is 0. The lowest BCUT2D eigenvalue weighted by atomic mass is 10.1. The van der Waals surface area contributed by atoms with Crippen molar-refractivity contribution >= 4 is 12.4 Å². The molecule has 0 fully saturated rings. The molecule has 1 rings (SSSR count). The van der Waals surface area contributed by atoms with E-state index in [-0.39, 0.29) is 24.2 Å². The van der Waals surface area contributed by atoms with Crippen LogP contribution in [0.25, 0.3) is 0 Å². The van der Waals surface area contributed by atoms with Crippen molar-refractivity contribution in [3.63, 3.8) is 0 Å². The SMILES string of the molecule is C[C@@H](N)c1ccc(OC(F)F)cc1.Cl. The van der Waals surface area contributed by atoms with Crippen LogP contribution in [-0.4, -0.2) is 6.61 Å². The second-order valence-corrected chi connectivity index (χ2v) is 2.74. The Bertz CT molecular complexity index is 264. The lowest BCUT2D eigenvalue weighted by molar-refractivity contribution is -0.0498. The molecule has 80 valence electrons. The van der Waals surface area contributed by atoms with Crippen LogP contribution in [0, 0.1) is 0 Å². The van der Waals surface area contributed by atoms with Crippen LogP contribution >= 0.6 is 12.4 Å². The Labute approximate surface area is 87.5 Å². The average Bonchev–Trinajstić information content (AvgIpc) is 2.04. The topological polar surface area (TPSA) is 35.2 Å². The van der Waals surface area contributed by atoms with Gasteiger partial charge in [-0.25, -0.2) is 0 Å². The lowest BCUT2D eigenvalue weighted by Crippen LogP contribution is -2.05. The fourth-order valence-corrected chi connectivity index (χ4v) is 0.953. The predicted octanol–water partition coefficient (Wildman–Crippen LogP) is 2.73. The molecule has 0 amide bonds. The standard InChI is InChI=1S/C9H11F2NO.ClH/c1-6(12)7-2-4-8(5-3-7)13-9(10)11;/h2-6,9H,12H2,1H3;1H/t6-;/m1./s1. The van der Waals surface area contributed by atoms with Gasteiger partial charge in [-0.3, -0.25) is 0 Å². The van der Waals surface area contributed by atoms with Gasteiger partial charge in [-0.1, -0.05) is 12.1 Å². The highest BCUT2D eigenvalue weighted by molar-refractivity contribution is 5.85. The monoisotopic (exact) mass is 223 g/mol. The first-order chi connectivity index (χ1) is 6.09. The number of hydrogen-bond donors (Lipinski definition) is 1. The van der Waals surface area contributed by atoms with Gasteiger partial charge in [0.1, 0.15) is 5.75 Å². The molecule has 0 aliphatic carbocycles. The zero-order valence-electron chi connectivity index (χ0n) is 7.61. The van der Waals surface area contributed by atoms with Crippen molar-refractivity contribution in [3.05, 3.63) is 29.8 Å². The van der Waals surface area contributed by atoms with Crippen molar-refractivity contribution in [2.75, 3.05) is 0 Å². The molecule has 0 unspecified atom stereocenters. The second kappa shape index (κ2) is 5.78. The maximum Gasteiger partial charge on any atom is 0.387 e. The van der Waals surface area contributed by atoms with Crippen LogP contribution in [-0.2, 0) is 0 Å². The summed E-state index contributed by atoms with van der Waals surface area (Å²) in [6.45, 7) is -0.954. The summed E-state index contributed by atoms with van der Waals surface area (Å²) >= 11 is 0. The minimum atomic E-state index is -2.78. The molecule has 2 N–H and O–H groups in total. The third-order valence-corrected chi connectivity index (χ3v) is 1.63. The van der Waals surface area contributed by atoms with Gasteiger partial charge in [0.25, 0.3) is 0 Å². The van der Waals surface area contributed by atoms with Gasteiger partial charge in [0.05, 0.1) is 0 Å². The minimum Gasteiger partial charge on any atom is -0.435 e. The van der Waals surface area contributed by atoms with Crippen LogP contribution in [0.1, 0.15) is 18.5 Å². The van der Waals surface area contributed by atoms with E-state index in [1.807, 2.05) is 6.92 Å². The summed E-state index contributed by atoms with van der Waals surface area (Å²) in [6, 6.07) is 6.20. The van der Waals surface area contributed by atoms with Gasteiger partial charge >= 0.3 is 6.61 Å². The molecule has 14 heavy (non-hydrogen) atoms. The van der Waals surface area contributed by atoms with Crippen LogP contribution in [0.4, 0.5) is 8.78 Å². The van der Waals surface area contributed by atoms with Crippen LogP contribution < -0.4 is 10.5 Å². The van der Waals surface area contributed by atoms with E-state index < -0.39 is 6.61 Å². The van der Waals surface area contributed by atoms with E-state index in [1.165, 1.54) is 12.1 Å². The highest BCUT2D eigenvalue weighted by Gasteiger charge is 2.04. The molecular weight excluding hydrogens is 212 g/mol. The minimum absolute atomic E-state index is 0. The van der Waals surface area contributed by atoms with Gasteiger partial charge < -0.3 is 10.5 Å². The summed E-state index contributed by atoms with van der Waals surface area (Å²) in [5.41, 5.74) is 6.47. The molecule has 0 aliphatic rings. The van der Waals surface area contributed by atoms with Gasteiger partial charge in [0.2, 0.25) is 0 Å². The Morgan fingerprint density at radius 2 is 1.71 bits per heavy atom. The van der Waals surface area contributed by atoms with E-state index in [4.69, 9.17) is 5.73 Å². The normalized spacial score (nSPS) is 12.1. The largest absolute Gasteiger partial charge is 0.435 e. The summed E-state index contributed by atoms with van der Waals surface area (Å²) in [5, 5.41) is 0. The molecule has 2 nitrogen and oxygen atoms in total. The maximum atomic E-state index is 11.7. The van der Waals surface area contributed by atoms with Crippen molar-refractivity contribution in [1.29, 1.82) is 0 Å². The van der Waals surface area contributed by atoms with E-state index in [0.717, 1.165) is 5.56 Å². The first-order valence-electron chi connectivity index (χ1n) is 3.90. The maximum absolute atomic E-state index is 11.7. The Morgan fingerprint density at radius 1 is 1.21 bits per heavy atom. The van der Waals surface area contributed by atoms with Gasteiger partial charge in [-0.15, -0.1) is 12.4 Å². The summed E-state index contributed by atoms with van der Waals surface area (Å²) in [5.74, 6) is 0.152. The third kappa shape index (κ3) is 3.89. The van der Waals surface area contributed by atoms with Crippen molar-refractivity contribution in [1.82, 2.24) is 0 Å². The molecule has 0 heterocycles. The lowest BCUT2D eigenvalue weighted by Gasteiger charge is -2.07. The quantitative estimate of drug-likeness (QED) is 0.855. The molecular formula is C9H12ClF2NO. The first-order valence-corrected chi connectivity index (χ1v) is 3.90. The number of ether oxygens (including phenoxy) is 1. The van der Waals surface area contributed by atoms with Gasteiger partial charge in [0.15, 0.2) is 0 Å². The Morgan fingerprint density at radius 3 is 2.07 bits per heavy atom. The number of nitrogens with two attached hydrogens (primary N) is 1. The zero-order chi connectivity index (χ0) is 9.84. The first kappa shape index (κ1) is 13.1. The third-order valence-electron chi connectivity index (χ3n) is 1.63. The Kier molecular flexibility index (Phi) is 5.42. The molecule has 0 bridgehead atoms. The Hall–Kier alpha value is -0.870.